The molecule has 0 unspecified atom stereocenters. The maximum atomic E-state index is 13.4. The van der Waals surface area contributed by atoms with Crippen LogP contribution in [-0.2, 0) is 9.59 Å². The molecule has 3 aromatic carbocycles. The maximum Gasteiger partial charge on any atom is 0.282 e. The van der Waals surface area contributed by atoms with Crippen LogP contribution in [-0.4, -0.2) is 18.4 Å². The quantitative estimate of drug-likeness (QED) is 0.541. The van der Waals surface area contributed by atoms with Crippen molar-refractivity contribution in [3.8, 4) is 11.8 Å². The molecule has 0 atom stereocenters. The molecule has 0 spiro atoms. The fourth-order valence-corrected chi connectivity index (χ4v) is 3.52. The molecule has 1 N–H and O–H groups in total. The number of nitrogens with zero attached hydrogens (tertiary/aromatic N) is 2. The molecule has 0 aromatic heterocycles. The summed E-state index contributed by atoms with van der Waals surface area (Å²) in [6.07, 6.45) is 0. The van der Waals surface area contributed by atoms with Gasteiger partial charge in [0.1, 0.15) is 11.4 Å². The van der Waals surface area contributed by atoms with Crippen molar-refractivity contribution in [3.63, 3.8) is 0 Å². The molecule has 0 bridgehead atoms. The summed E-state index contributed by atoms with van der Waals surface area (Å²) in [5.74, 6) is -0.244. The van der Waals surface area contributed by atoms with E-state index < -0.39 is 11.8 Å². The highest BCUT2D eigenvalue weighted by atomic mass is 35.5. The summed E-state index contributed by atoms with van der Waals surface area (Å²) in [5.41, 5.74) is 2.42. The van der Waals surface area contributed by atoms with E-state index in [0.29, 0.717) is 39.9 Å². The Kier molecular flexibility index (Phi) is 5.93. The summed E-state index contributed by atoms with van der Waals surface area (Å²) in [6, 6.07) is 22.2. The number of benzene rings is 3. The molecule has 2 amide bonds. The molecule has 0 aliphatic carbocycles. The first-order chi connectivity index (χ1) is 15.5. The third kappa shape index (κ3) is 4.07. The predicted molar refractivity (Wildman–Crippen MR) is 123 cm³/mol. The van der Waals surface area contributed by atoms with Crippen LogP contribution in [0.2, 0.25) is 5.02 Å². The van der Waals surface area contributed by atoms with Gasteiger partial charge in [0.25, 0.3) is 11.8 Å². The van der Waals surface area contributed by atoms with Crippen LogP contribution in [0.15, 0.2) is 78.5 Å². The van der Waals surface area contributed by atoms with Crippen LogP contribution in [0.4, 0.5) is 11.4 Å². The van der Waals surface area contributed by atoms with Crippen LogP contribution in [0.25, 0.3) is 5.57 Å². The average molecular weight is 444 g/mol. The number of rotatable bonds is 6. The monoisotopic (exact) mass is 443 g/mol. The zero-order valence-electron chi connectivity index (χ0n) is 17.1. The number of amides is 2. The number of carbonyl (C=O) groups excluding carboxylic acids is 2. The maximum absolute atomic E-state index is 13.4. The number of anilines is 2. The van der Waals surface area contributed by atoms with Gasteiger partial charge in [0, 0.05) is 10.7 Å². The molecule has 7 heteroatoms. The molecule has 0 saturated carbocycles. The van der Waals surface area contributed by atoms with Gasteiger partial charge in [-0.2, -0.15) is 5.26 Å². The SMILES string of the molecule is CCOc1ccc(NC2=C(c3ccc(Cl)cc3)C(=O)N(c3ccc(C#N)cc3)C2=O)cc1. The Morgan fingerprint density at radius 3 is 2.19 bits per heavy atom. The van der Waals surface area contributed by atoms with Gasteiger partial charge in [-0.05, 0) is 73.2 Å². The van der Waals surface area contributed by atoms with Gasteiger partial charge in [0.15, 0.2) is 0 Å². The van der Waals surface area contributed by atoms with E-state index in [0.717, 1.165) is 4.90 Å². The van der Waals surface area contributed by atoms with Crippen LogP contribution in [0.5, 0.6) is 5.75 Å². The lowest BCUT2D eigenvalue weighted by molar-refractivity contribution is -0.120. The minimum Gasteiger partial charge on any atom is -0.494 e. The summed E-state index contributed by atoms with van der Waals surface area (Å²) in [7, 11) is 0. The largest absolute Gasteiger partial charge is 0.494 e. The number of hydrogen-bond donors (Lipinski definition) is 1. The molecule has 6 nitrogen and oxygen atoms in total. The first-order valence-corrected chi connectivity index (χ1v) is 10.3. The molecule has 4 rings (SSSR count). The van der Waals surface area contributed by atoms with E-state index in [1.54, 1.807) is 72.8 Å². The van der Waals surface area contributed by atoms with Crippen LogP contribution in [0.1, 0.15) is 18.1 Å². The second-order valence-electron chi connectivity index (χ2n) is 6.94. The Morgan fingerprint density at radius 2 is 1.59 bits per heavy atom. The van der Waals surface area contributed by atoms with E-state index in [4.69, 9.17) is 21.6 Å². The van der Waals surface area contributed by atoms with E-state index >= 15 is 0 Å². The van der Waals surface area contributed by atoms with Gasteiger partial charge in [0.2, 0.25) is 0 Å². The van der Waals surface area contributed by atoms with Crippen LogP contribution >= 0.6 is 11.6 Å². The van der Waals surface area contributed by atoms with Crippen LogP contribution < -0.4 is 15.0 Å². The van der Waals surface area contributed by atoms with Crippen molar-refractivity contribution in [2.24, 2.45) is 0 Å². The Balaban J connectivity index is 1.75. The molecule has 0 radical (unpaired) electrons. The van der Waals surface area contributed by atoms with E-state index in [2.05, 4.69) is 5.32 Å². The Labute approximate surface area is 190 Å². The third-order valence-electron chi connectivity index (χ3n) is 4.91. The summed E-state index contributed by atoms with van der Waals surface area (Å²) >= 11 is 6.01. The predicted octanol–water partition coefficient (Wildman–Crippen LogP) is 5.01. The molecular formula is C25H18ClN3O3. The van der Waals surface area contributed by atoms with Crippen molar-refractivity contribution >= 4 is 40.4 Å². The normalized spacial score (nSPS) is 13.3. The molecule has 1 heterocycles. The van der Waals surface area contributed by atoms with E-state index in [-0.39, 0.29) is 11.3 Å². The Hall–Kier alpha value is -4.08. The highest BCUT2D eigenvalue weighted by Crippen LogP contribution is 2.34. The first kappa shape index (κ1) is 21.2. The van der Waals surface area contributed by atoms with E-state index in [1.807, 2.05) is 13.0 Å². The van der Waals surface area contributed by atoms with Crippen molar-refractivity contribution in [1.82, 2.24) is 0 Å². The topological polar surface area (TPSA) is 82.4 Å². The van der Waals surface area contributed by atoms with Gasteiger partial charge in [-0.3, -0.25) is 9.59 Å². The fraction of sp³-hybridized carbons (Fsp3) is 0.0800. The first-order valence-electron chi connectivity index (χ1n) is 9.91. The number of nitrogens with one attached hydrogen (secondary N) is 1. The van der Waals surface area contributed by atoms with Crippen molar-refractivity contribution in [2.75, 3.05) is 16.8 Å². The van der Waals surface area contributed by atoms with Gasteiger partial charge in [-0.15, -0.1) is 0 Å². The summed E-state index contributed by atoms with van der Waals surface area (Å²) < 4.78 is 5.46. The average Bonchev–Trinajstić information content (AvgIpc) is 3.05. The van der Waals surface area contributed by atoms with Gasteiger partial charge in [-0.25, -0.2) is 4.90 Å². The van der Waals surface area contributed by atoms with Crippen molar-refractivity contribution < 1.29 is 14.3 Å². The minimum absolute atomic E-state index is 0.158. The van der Waals surface area contributed by atoms with Crippen molar-refractivity contribution in [3.05, 3.63) is 94.6 Å². The number of carbonyl (C=O) groups is 2. The number of nitriles is 1. The number of hydrogen-bond acceptors (Lipinski definition) is 5. The summed E-state index contributed by atoms with van der Waals surface area (Å²) in [4.78, 5) is 27.8. The second-order valence-corrected chi connectivity index (χ2v) is 7.38. The summed E-state index contributed by atoms with van der Waals surface area (Å²) in [5, 5.41) is 12.7. The molecule has 0 saturated heterocycles. The van der Waals surface area contributed by atoms with Crippen LogP contribution in [0, 0.1) is 11.3 Å². The molecule has 0 fully saturated rings. The molecule has 3 aromatic rings. The molecular weight excluding hydrogens is 426 g/mol. The molecule has 32 heavy (non-hydrogen) atoms. The zero-order valence-corrected chi connectivity index (χ0v) is 17.9. The summed E-state index contributed by atoms with van der Waals surface area (Å²) in [6.45, 7) is 2.45. The smallest absolute Gasteiger partial charge is 0.282 e. The number of ether oxygens (including phenoxy) is 1. The lowest BCUT2D eigenvalue weighted by Crippen LogP contribution is -2.32. The zero-order chi connectivity index (χ0) is 22.7. The molecule has 1 aliphatic heterocycles. The highest BCUT2D eigenvalue weighted by molar-refractivity contribution is 6.46. The van der Waals surface area contributed by atoms with E-state index in [1.165, 1.54) is 0 Å². The van der Waals surface area contributed by atoms with Gasteiger partial charge < -0.3 is 10.1 Å². The third-order valence-corrected chi connectivity index (χ3v) is 5.16. The van der Waals surface area contributed by atoms with Gasteiger partial charge in [0.05, 0.1) is 29.5 Å². The van der Waals surface area contributed by atoms with Crippen molar-refractivity contribution in [1.29, 1.82) is 5.26 Å². The second kappa shape index (κ2) is 8.96. The van der Waals surface area contributed by atoms with E-state index in [9.17, 15) is 9.59 Å². The lowest BCUT2D eigenvalue weighted by Gasteiger charge is -2.15. The minimum atomic E-state index is -0.487. The fourth-order valence-electron chi connectivity index (χ4n) is 3.40. The molecule has 158 valence electrons. The number of imide groups is 1. The Morgan fingerprint density at radius 1 is 0.938 bits per heavy atom. The molecule has 1 aliphatic rings. The highest BCUT2D eigenvalue weighted by Gasteiger charge is 2.40. The standard InChI is InChI=1S/C25H18ClN3O3/c1-2-32-21-13-9-19(10-14-21)28-23-22(17-5-7-18(26)8-6-17)24(30)29(25(23)31)20-11-3-16(15-27)4-12-20/h3-14,28H,2H2,1H3. The van der Waals surface area contributed by atoms with Crippen LogP contribution in [0.3, 0.4) is 0 Å². The van der Waals surface area contributed by atoms with Gasteiger partial charge >= 0.3 is 0 Å². The lowest BCUT2D eigenvalue weighted by atomic mass is 10.0. The van der Waals surface area contributed by atoms with Crippen molar-refractivity contribution in [2.45, 2.75) is 6.92 Å². The van der Waals surface area contributed by atoms with Gasteiger partial charge in [-0.1, -0.05) is 23.7 Å². The Bertz CT molecular complexity index is 1240. The number of halogens is 1.